The van der Waals surface area contributed by atoms with Gasteiger partial charge in [-0.1, -0.05) is 48.5 Å². The molecule has 1 aliphatic heterocycles. The van der Waals surface area contributed by atoms with Crippen LogP contribution in [0, 0.1) is 0 Å². The predicted molar refractivity (Wildman–Crippen MR) is 130 cm³/mol. The quantitative estimate of drug-likeness (QED) is 0.356. The molecule has 4 aromatic rings. The van der Waals surface area contributed by atoms with Crippen LogP contribution in [0.1, 0.15) is 21.5 Å². The van der Waals surface area contributed by atoms with Gasteiger partial charge in [0.05, 0.1) is 24.5 Å². The Morgan fingerprint density at radius 3 is 2.36 bits per heavy atom. The van der Waals surface area contributed by atoms with E-state index in [1.54, 1.807) is 30.3 Å². The molecule has 0 saturated carbocycles. The van der Waals surface area contributed by atoms with Crippen molar-refractivity contribution in [3.8, 4) is 22.6 Å². The van der Waals surface area contributed by atoms with Gasteiger partial charge in [-0.2, -0.15) is 13.2 Å². The second kappa shape index (κ2) is 10.1. The van der Waals surface area contributed by atoms with Crippen LogP contribution in [-0.2, 0) is 17.5 Å². The minimum atomic E-state index is -4.48. The van der Waals surface area contributed by atoms with E-state index in [-0.39, 0.29) is 11.5 Å². The van der Waals surface area contributed by atoms with E-state index in [1.165, 1.54) is 16.8 Å². The molecule has 0 atom stereocenters. The normalized spacial score (nSPS) is 14.6. The zero-order valence-corrected chi connectivity index (χ0v) is 19.4. The summed E-state index contributed by atoms with van der Waals surface area (Å²) < 4.78 is 46.8. The van der Waals surface area contributed by atoms with Crippen molar-refractivity contribution >= 4 is 5.91 Å². The molecule has 0 N–H and O–H groups in total. The van der Waals surface area contributed by atoms with Crippen LogP contribution in [0.5, 0.6) is 0 Å². The average Bonchev–Trinajstić information content (AvgIpc) is 3.35. The fourth-order valence-corrected chi connectivity index (χ4v) is 4.28. The van der Waals surface area contributed by atoms with E-state index in [4.69, 9.17) is 4.74 Å². The van der Waals surface area contributed by atoms with Crippen LogP contribution in [0.3, 0.4) is 0 Å². The molecule has 1 aromatic heterocycles. The predicted octanol–water partition coefficient (Wildman–Crippen LogP) is 5.76. The first-order valence-corrected chi connectivity index (χ1v) is 11.6. The fourth-order valence-electron chi connectivity index (χ4n) is 4.28. The van der Waals surface area contributed by atoms with Gasteiger partial charge in [-0.25, -0.2) is 4.98 Å². The summed E-state index contributed by atoms with van der Waals surface area (Å²) in [6.45, 7) is 3.78. The second-order valence-corrected chi connectivity index (χ2v) is 8.66. The van der Waals surface area contributed by atoms with Gasteiger partial charge in [0, 0.05) is 42.5 Å². The minimum absolute atomic E-state index is 0.287. The number of imidazole rings is 1. The van der Waals surface area contributed by atoms with Crippen LogP contribution < -0.4 is 0 Å². The average molecular weight is 492 g/mol. The first kappa shape index (κ1) is 24.0. The Labute approximate surface area is 206 Å². The molecule has 0 aliphatic carbocycles. The van der Waals surface area contributed by atoms with Crippen LogP contribution in [0.4, 0.5) is 13.2 Å². The number of aromatic nitrogens is 2. The van der Waals surface area contributed by atoms with E-state index in [1.807, 2.05) is 30.3 Å². The number of morpholine rings is 1. The van der Waals surface area contributed by atoms with E-state index in [0.717, 1.165) is 37.3 Å². The molecule has 184 valence electrons. The van der Waals surface area contributed by atoms with Crippen molar-refractivity contribution in [2.75, 3.05) is 26.3 Å². The van der Waals surface area contributed by atoms with Gasteiger partial charge in [0.1, 0.15) is 5.82 Å². The molecule has 0 spiro atoms. The number of alkyl halides is 3. The number of carbonyl (C=O) groups excluding carboxylic acids is 1. The molecule has 0 bridgehead atoms. The van der Waals surface area contributed by atoms with E-state index in [9.17, 15) is 18.0 Å². The van der Waals surface area contributed by atoms with Crippen molar-refractivity contribution in [3.05, 3.63) is 102 Å². The van der Waals surface area contributed by atoms with Crippen LogP contribution in [0.25, 0.3) is 22.6 Å². The summed E-state index contributed by atoms with van der Waals surface area (Å²) in [5.74, 6) is 0.0648. The molecule has 5 rings (SSSR count). The summed E-state index contributed by atoms with van der Waals surface area (Å²) in [4.78, 5) is 20.4. The highest BCUT2D eigenvalue weighted by Crippen LogP contribution is 2.33. The van der Waals surface area contributed by atoms with Crippen LogP contribution >= 0.6 is 0 Å². The Morgan fingerprint density at radius 1 is 0.889 bits per heavy atom. The van der Waals surface area contributed by atoms with Crippen molar-refractivity contribution in [2.45, 2.75) is 12.7 Å². The molecule has 0 radical (unpaired) electrons. The Morgan fingerprint density at radius 2 is 1.61 bits per heavy atom. The van der Waals surface area contributed by atoms with Crippen LogP contribution in [0.15, 0.2) is 85.1 Å². The van der Waals surface area contributed by atoms with Crippen molar-refractivity contribution in [1.29, 1.82) is 0 Å². The SMILES string of the molecule is O=C(c1ccccc1)n1cc(-c2cccc(C(F)(F)F)c2)nc1-c1cccc(CN2CCOCC2)c1. The zero-order chi connectivity index (χ0) is 25.1. The molecule has 8 heteroatoms. The van der Waals surface area contributed by atoms with Gasteiger partial charge in [0.25, 0.3) is 5.91 Å². The van der Waals surface area contributed by atoms with Crippen molar-refractivity contribution in [2.24, 2.45) is 0 Å². The van der Waals surface area contributed by atoms with Gasteiger partial charge in [-0.3, -0.25) is 14.3 Å². The smallest absolute Gasteiger partial charge is 0.379 e. The first-order chi connectivity index (χ1) is 17.4. The number of nitrogens with zero attached hydrogens (tertiary/aromatic N) is 3. The lowest BCUT2D eigenvalue weighted by molar-refractivity contribution is -0.137. The summed E-state index contributed by atoms with van der Waals surface area (Å²) in [5, 5.41) is 0. The Hall–Kier alpha value is -3.75. The molecule has 0 unspecified atom stereocenters. The Bertz CT molecular complexity index is 1360. The highest BCUT2D eigenvalue weighted by atomic mass is 19.4. The third-order valence-corrected chi connectivity index (χ3v) is 6.13. The lowest BCUT2D eigenvalue weighted by Crippen LogP contribution is -2.35. The molecule has 5 nitrogen and oxygen atoms in total. The van der Waals surface area contributed by atoms with E-state index < -0.39 is 11.7 Å². The largest absolute Gasteiger partial charge is 0.416 e. The standard InChI is InChI=1S/C28H24F3N3O2/c29-28(30,31)24-11-5-9-22(17-24)25-19-34(27(35)21-7-2-1-3-8-21)26(32-25)23-10-4-6-20(16-23)18-33-12-14-36-15-13-33/h1-11,16-17,19H,12-15,18H2. The van der Waals surface area contributed by atoms with Gasteiger partial charge in [-0.15, -0.1) is 0 Å². The topological polar surface area (TPSA) is 47.4 Å². The maximum atomic E-state index is 13.4. The summed E-state index contributed by atoms with van der Waals surface area (Å²) in [7, 11) is 0. The third-order valence-electron chi connectivity index (χ3n) is 6.13. The van der Waals surface area contributed by atoms with Crippen molar-refractivity contribution in [3.63, 3.8) is 0 Å². The third kappa shape index (κ3) is 5.24. The Balaban J connectivity index is 1.57. The van der Waals surface area contributed by atoms with E-state index in [0.29, 0.717) is 35.9 Å². The number of hydrogen-bond acceptors (Lipinski definition) is 4. The molecule has 3 aromatic carbocycles. The van der Waals surface area contributed by atoms with Gasteiger partial charge >= 0.3 is 6.18 Å². The number of rotatable bonds is 5. The van der Waals surface area contributed by atoms with Crippen molar-refractivity contribution < 1.29 is 22.7 Å². The summed E-state index contributed by atoms with van der Waals surface area (Å²) in [6.07, 6.45) is -2.97. The highest BCUT2D eigenvalue weighted by molar-refractivity contribution is 5.98. The molecule has 36 heavy (non-hydrogen) atoms. The highest BCUT2D eigenvalue weighted by Gasteiger charge is 2.31. The fraction of sp³-hybridized carbons (Fsp3) is 0.214. The maximum absolute atomic E-state index is 13.4. The monoisotopic (exact) mass is 491 g/mol. The zero-order valence-electron chi connectivity index (χ0n) is 19.4. The number of benzene rings is 3. The second-order valence-electron chi connectivity index (χ2n) is 8.66. The molecule has 2 heterocycles. The molecule has 1 saturated heterocycles. The van der Waals surface area contributed by atoms with Gasteiger partial charge in [0.15, 0.2) is 0 Å². The van der Waals surface area contributed by atoms with Gasteiger partial charge < -0.3 is 4.74 Å². The number of halogens is 3. The Kier molecular flexibility index (Phi) is 6.71. The van der Waals surface area contributed by atoms with Crippen LogP contribution in [-0.4, -0.2) is 46.7 Å². The lowest BCUT2D eigenvalue weighted by atomic mass is 10.1. The van der Waals surface area contributed by atoms with Crippen LogP contribution in [0.2, 0.25) is 0 Å². The van der Waals surface area contributed by atoms with E-state index in [2.05, 4.69) is 9.88 Å². The summed E-state index contributed by atoms with van der Waals surface area (Å²) in [6, 6.07) is 21.5. The minimum Gasteiger partial charge on any atom is -0.379 e. The molecule has 1 aliphatic rings. The van der Waals surface area contributed by atoms with Crippen molar-refractivity contribution in [1.82, 2.24) is 14.5 Å². The van der Waals surface area contributed by atoms with Gasteiger partial charge in [-0.05, 0) is 35.9 Å². The van der Waals surface area contributed by atoms with Gasteiger partial charge in [0.2, 0.25) is 0 Å². The summed E-state index contributed by atoms with van der Waals surface area (Å²) in [5.41, 5.74) is 2.03. The number of ether oxygens (including phenoxy) is 1. The molecule has 1 fully saturated rings. The summed E-state index contributed by atoms with van der Waals surface area (Å²) >= 11 is 0. The van der Waals surface area contributed by atoms with E-state index >= 15 is 0 Å². The lowest BCUT2D eigenvalue weighted by Gasteiger charge is -2.26. The molecular weight excluding hydrogens is 467 g/mol. The maximum Gasteiger partial charge on any atom is 0.416 e. The number of hydrogen-bond donors (Lipinski definition) is 0. The number of carbonyl (C=O) groups is 1. The molecular formula is C28H24F3N3O2. The first-order valence-electron chi connectivity index (χ1n) is 11.6. The molecule has 0 amide bonds.